The average Bonchev–Trinajstić information content (AvgIpc) is 2.99. The normalized spacial score (nSPS) is 15.6. The van der Waals surface area contributed by atoms with Crippen LogP contribution in [0.25, 0.3) is 11.0 Å². The van der Waals surface area contributed by atoms with Crippen molar-refractivity contribution in [1.82, 2.24) is 18.3 Å². The molecule has 0 aliphatic carbocycles. The maximum atomic E-state index is 13.4. The summed E-state index contributed by atoms with van der Waals surface area (Å²) in [6.07, 6.45) is 0. The van der Waals surface area contributed by atoms with Crippen molar-refractivity contribution >= 4 is 27.0 Å². The molecule has 30 heavy (non-hydrogen) atoms. The van der Waals surface area contributed by atoms with Crippen LogP contribution >= 0.6 is 0 Å². The lowest BCUT2D eigenvalue weighted by Crippen LogP contribution is -2.51. The minimum absolute atomic E-state index is 0.106. The number of benzene rings is 2. The molecule has 1 amide bonds. The number of aryl methyl sites for hydroxylation is 1. The Kier molecular flexibility index (Phi) is 5.20. The van der Waals surface area contributed by atoms with Crippen LogP contribution in [-0.2, 0) is 28.4 Å². The Morgan fingerprint density at radius 1 is 1.00 bits per heavy atom. The van der Waals surface area contributed by atoms with Crippen molar-refractivity contribution in [2.75, 3.05) is 26.2 Å². The summed E-state index contributed by atoms with van der Waals surface area (Å²) in [6, 6.07) is 12.1. The van der Waals surface area contributed by atoms with Crippen LogP contribution in [0.1, 0.15) is 0 Å². The fourth-order valence-corrected chi connectivity index (χ4v) is 5.16. The predicted octanol–water partition coefficient (Wildman–Crippen LogP) is 1.01. The molecule has 1 aliphatic rings. The fourth-order valence-electron chi connectivity index (χ4n) is 3.71. The zero-order chi connectivity index (χ0) is 21.5. The van der Waals surface area contributed by atoms with Crippen molar-refractivity contribution < 1.29 is 17.6 Å². The number of para-hydroxylation sites is 2. The van der Waals surface area contributed by atoms with Gasteiger partial charge in [0.05, 0.1) is 15.9 Å². The molecule has 4 rings (SSSR count). The molecule has 0 saturated carbocycles. The van der Waals surface area contributed by atoms with Crippen molar-refractivity contribution in [1.29, 1.82) is 0 Å². The molecular weight excluding hydrogens is 411 g/mol. The molecule has 2 heterocycles. The minimum Gasteiger partial charge on any atom is -0.338 e. The van der Waals surface area contributed by atoms with Gasteiger partial charge in [-0.1, -0.05) is 18.2 Å². The van der Waals surface area contributed by atoms with Crippen LogP contribution in [0.15, 0.2) is 58.2 Å². The van der Waals surface area contributed by atoms with Crippen LogP contribution in [0.5, 0.6) is 0 Å². The summed E-state index contributed by atoms with van der Waals surface area (Å²) in [6.45, 7) is 0.501. The maximum absolute atomic E-state index is 13.4. The van der Waals surface area contributed by atoms with Gasteiger partial charge in [0.2, 0.25) is 15.9 Å². The van der Waals surface area contributed by atoms with Gasteiger partial charge in [0.1, 0.15) is 12.4 Å². The van der Waals surface area contributed by atoms with Gasteiger partial charge in [0.15, 0.2) is 0 Å². The van der Waals surface area contributed by atoms with Crippen LogP contribution in [0, 0.1) is 5.82 Å². The highest BCUT2D eigenvalue weighted by molar-refractivity contribution is 7.89. The van der Waals surface area contributed by atoms with Gasteiger partial charge in [-0.3, -0.25) is 13.9 Å². The van der Waals surface area contributed by atoms with Gasteiger partial charge in [-0.05, 0) is 30.3 Å². The summed E-state index contributed by atoms with van der Waals surface area (Å²) in [5, 5.41) is 0. The highest BCUT2D eigenvalue weighted by atomic mass is 32.2. The number of hydrogen-bond acceptors (Lipinski definition) is 4. The van der Waals surface area contributed by atoms with E-state index < -0.39 is 15.8 Å². The summed E-state index contributed by atoms with van der Waals surface area (Å²) >= 11 is 0. The number of rotatable bonds is 4. The summed E-state index contributed by atoms with van der Waals surface area (Å²) < 4.78 is 43.0. The van der Waals surface area contributed by atoms with Gasteiger partial charge in [-0.15, -0.1) is 0 Å². The summed E-state index contributed by atoms with van der Waals surface area (Å²) in [5.74, 6) is -0.873. The van der Waals surface area contributed by atoms with E-state index in [-0.39, 0.29) is 49.2 Å². The molecule has 0 atom stereocenters. The first-order valence-corrected chi connectivity index (χ1v) is 10.9. The SMILES string of the molecule is Cn1c(=O)n(CC(=O)N2CCN(S(=O)(=O)c3cccc(F)c3)CC2)c2ccccc21. The second kappa shape index (κ2) is 7.69. The molecule has 0 bridgehead atoms. The molecule has 1 aromatic heterocycles. The summed E-state index contributed by atoms with van der Waals surface area (Å²) in [4.78, 5) is 26.7. The number of amides is 1. The van der Waals surface area contributed by atoms with Crippen molar-refractivity contribution in [2.24, 2.45) is 7.05 Å². The molecule has 2 aromatic carbocycles. The number of nitrogens with zero attached hydrogens (tertiary/aromatic N) is 4. The fraction of sp³-hybridized carbons (Fsp3) is 0.300. The molecule has 0 radical (unpaired) electrons. The number of aromatic nitrogens is 2. The Morgan fingerprint density at radius 2 is 1.67 bits per heavy atom. The lowest BCUT2D eigenvalue weighted by molar-refractivity contribution is -0.133. The highest BCUT2D eigenvalue weighted by Gasteiger charge is 2.30. The molecular formula is C20H21FN4O4S. The van der Waals surface area contributed by atoms with E-state index in [0.717, 1.165) is 11.6 Å². The van der Waals surface area contributed by atoms with Gasteiger partial charge in [0.25, 0.3) is 0 Å². The Bertz CT molecular complexity index is 1270. The van der Waals surface area contributed by atoms with E-state index in [2.05, 4.69) is 0 Å². The van der Waals surface area contributed by atoms with E-state index in [0.29, 0.717) is 5.52 Å². The molecule has 158 valence electrons. The summed E-state index contributed by atoms with van der Waals surface area (Å²) in [7, 11) is -2.17. The number of sulfonamides is 1. The van der Waals surface area contributed by atoms with Crippen molar-refractivity contribution in [2.45, 2.75) is 11.4 Å². The predicted molar refractivity (Wildman–Crippen MR) is 109 cm³/mol. The van der Waals surface area contributed by atoms with Gasteiger partial charge in [0, 0.05) is 33.2 Å². The van der Waals surface area contributed by atoms with E-state index in [4.69, 9.17) is 0 Å². The lowest BCUT2D eigenvalue weighted by atomic mass is 10.3. The molecule has 1 fully saturated rings. The maximum Gasteiger partial charge on any atom is 0.329 e. The smallest absolute Gasteiger partial charge is 0.329 e. The largest absolute Gasteiger partial charge is 0.338 e. The third-order valence-electron chi connectivity index (χ3n) is 5.37. The first kappa shape index (κ1) is 20.3. The van der Waals surface area contributed by atoms with Crippen molar-refractivity contribution in [3.63, 3.8) is 0 Å². The molecule has 0 N–H and O–H groups in total. The van der Waals surface area contributed by atoms with E-state index >= 15 is 0 Å². The Hall–Kier alpha value is -2.98. The lowest BCUT2D eigenvalue weighted by Gasteiger charge is -2.34. The van der Waals surface area contributed by atoms with Crippen molar-refractivity contribution in [3.8, 4) is 0 Å². The first-order chi connectivity index (χ1) is 14.3. The topological polar surface area (TPSA) is 84.6 Å². The Balaban J connectivity index is 1.47. The summed E-state index contributed by atoms with van der Waals surface area (Å²) in [5.41, 5.74) is 1.13. The molecule has 10 heteroatoms. The zero-order valence-electron chi connectivity index (χ0n) is 16.4. The zero-order valence-corrected chi connectivity index (χ0v) is 17.2. The number of halogens is 1. The van der Waals surface area contributed by atoms with Gasteiger partial charge in [-0.25, -0.2) is 17.6 Å². The van der Waals surface area contributed by atoms with Gasteiger partial charge in [-0.2, -0.15) is 4.31 Å². The van der Waals surface area contributed by atoms with E-state index in [1.54, 1.807) is 24.1 Å². The minimum atomic E-state index is -3.83. The van der Waals surface area contributed by atoms with Crippen LogP contribution in [-0.4, -0.2) is 58.8 Å². The standard InChI is InChI=1S/C20H21FN4O4S/c1-22-17-7-2-3-8-18(17)25(20(22)27)14-19(26)23-9-11-24(12-10-23)30(28,29)16-6-4-5-15(21)13-16/h2-8,13H,9-12,14H2,1H3. The monoisotopic (exact) mass is 432 g/mol. The third-order valence-corrected chi connectivity index (χ3v) is 7.26. The third kappa shape index (κ3) is 3.52. The molecule has 3 aromatic rings. The average molecular weight is 432 g/mol. The van der Waals surface area contributed by atoms with Gasteiger partial charge >= 0.3 is 5.69 Å². The second-order valence-corrected chi connectivity index (χ2v) is 9.10. The Labute approximate surface area is 172 Å². The quantitative estimate of drug-likeness (QED) is 0.616. The Morgan fingerprint density at radius 3 is 2.33 bits per heavy atom. The van der Waals surface area contributed by atoms with Crippen LogP contribution in [0.2, 0.25) is 0 Å². The number of piperazine rings is 1. The highest BCUT2D eigenvalue weighted by Crippen LogP contribution is 2.19. The van der Waals surface area contributed by atoms with Crippen LogP contribution in [0.3, 0.4) is 0 Å². The molecule has 0 unspecified atom stereocenters. The van der Waals surface area contributed by atoms with E-state index in [1.807, 2.05) is 12.1 Å². The number of carbonyl (C=O) groups excluding carboxylic acids is 1. The number of hydrogen-bond donors (Lipinski definition) is 0. The molecule has 1 saturated heterocycles. The van der Waals surface area contributed by atoms with E-state index in [1.165, 1.54) is 31.6 Å². The van der Waals surface area contributed by atoms with E-state index in [9.17, 15) is 22.4 Å². The number of carbonyl (C=O) groups is 1. The molecule has 0 spiro atoms. The van der Waals surface area contributed by atoms with Crippen LogP contribution < -0.4 is 5.69 Å². The molecule has 8 nitrogen and oxygen atoms in total. The van der Waals surface area contributed by atoms with Crippen molar-refractivity contribution in [3.05, 3.63) is 64.8 Å². The number of fused-ring (bicyclic) bond motifs is 1. The van der Waals surface area contributed by atoms with Crippen LogP contribution in [0.4, 0.5) is 4.39 Å². The second-order valence-electron chi connectivity index (χ2n) is 7.16. The molecule has 1 aliphatic heterocycles. The van der Waals surface area contributed by atoms with Gasteiger partial charge < -0.3 is 4.90 Å². The number of imidazole rings is 1. The first-order valence-electron chi connectivity index (χ1n) is 9.47.